The van der Waals surface area contributed by atoms with Crippen LogP contribution in [0.2, 0.25) is 0 Å². The zero-order valence-electron chi connectivity index (χ0n) is 13.8. The van der Waals surface area contributed by atoms with Gasteiger partial charge in [0.15, 0.2) is 5.13 Å². The van der Waals surface area contributed by atoms with Crippen LogP contribution in [0.4, 0.5) is 5.13 Å². The van der Waals surface area contributed by atoms with Gasteiger partial charge in [-0.15, -0.1) is 11.3 Å². The lowest BCUT2D eigenvalue weighted by molar-refractivity contribution is -0.148. The highest BCUT2D eigenvalue weighted by Crippen LogP contribution is 2.30. The van der Waals surface area contributed by atoms with E-state index in [1.54, 1.807) is 4.90 Å². The van der Waals surface area contributed by atoms with Crippen molar-refractivity contribution in [2.75, 3.05) is 24.6 Å². The van der Waals surface area contributed by atoms with Gasteiger partial charge in [-0.25, -0.2) is 4.98 Å². The summed E-state index contributed by atoms with van der Waals surface area (Å²) in [5.74, 6) is 0.278. The van der Waals surface area contributed by atoms with Gasteiger partial charge < -0.3 is 9.64 Å². The molecule has 0 unspecified atom stereocenters. The summed E-state index contributed by atoms with van der Waals surface area (Å²) in [5, 5.41) is 2.65. The predicted molar refractivity (Wildman–Crippen MR) is 91.1 cm³/mol. The quantitative estimate of drug-likeness (QED) is 0.837. The molecule has 3 aliphatic rings. The van der Waals surface area contributed by atoms with Crippen molar-refractivity contribution in [2.45, 2.75) is 57.1 Å². The van der Waals surface area contributed by atoms with Crippen molar-refractivity contribution in [1.82, 2.24) is 9.88 Å². The van der Waals surface area contributed by atoms with Crippen LogP contribution in [-0.4, -0.2) is 53.5 Å². The lowest BCUT2D eigenvalue weighted by atomic mass is 9.90. The fraction of sp³-hybridized carbons (Fsp3) is 0.706. The Labute approximate surface area is 145 Å². The number of nitrogens with zero attached hydrogens (tertiary/aromatic N) is 3. The van der Waals surface area contributed by atoms with E-state index in [1.807, 2.05) is 10.3 Å². The van der Waals surface area contributed by atoms with Crippen LogP contribution in [0.25, 0.3) is 0 Å². The number of hydrogen-bond acceptors (Lipinski definition) is 5. The molecule has 0 bridgehead atoms. The molecule has 1 aliphatic carbocycles. The predicted octanol–water partition coefficient (Wildman–Crippen LogP) is 1.98. The van der Waals surface area contributed by atoms with E-state index in [9.17, 15) is 9.59 Å². The van der Waals surface area contributed by atoms with E-state index >= 15 is 0 Å². The summed E-state index contributed by atoms with van der Waals surface area (Å²) in [6, 6.07) is 0.235. The molecule has 3 fully saturated rings. The zero-order valence-corrected chi connectivity index (χ0v) is 14.6. The van der Waals surface area contributed by atoms with Crippen LogP contribution < -0.4 is 4.90 Å². The molecule has 2 atom stereocenters. The average molecular weight is 349 g/mol. The van der Waals surface area contributed by atoms with Crippen LogP contribution in [0, 0.1) is 0 Å². The number of hydrogen-bond donors (Lipinski definition) is 0. The second-order valence-corrected chi connectivity index (χ2v) is 7.63. The molecule has 0 N–H and O–H groups in total. The maximum absolute atomic E-state index is 12.8. The highest BCUT2D eigenvalue weighted by atomic mass is 32.1. The van der Waals surface area contributed by atoms with Crippen LogP contribution >= 0.6 is 11.3 Å². The Morgan fingerprint density at radius 2 is 2.17 bits per heavy atom. The number of morpholine rings is 1. The fourth-order valence-electron chi connectivity index (χ4n) is 4.01. The molecule has 6 nitrogen and oxygen atoms in total. The molecule has 7 heteroatoms. The van der Waals surface area contributed by atoms with Gasteiger partial charge in [0.1, 0.15) is 0 Å². The Bertz CT molecular complexity index is 630. The monoisotopic (exact) mass is 349 g/mol. The normalized spacial score (nSPS) is 27.4. The molecule has 2 aliphatic heterocycles. The van der Waals surface area contributed by atoms with Crippen molar-refractivity contribution in [3.05, 3.63) is 11.1 Å². The first kappa shape index (κ1) is 16.0. The summed E-state index contributed by atoms with van der Waals surface area (Å²) in [7, 11) is 0. The van der Waals surface area contributed by atoms with Crippen molar-refractivity contribution < 1.29 is 14.3 Å². The van der Waals surface area contributed by atoms with Gasteiger partial charge in [-0.05, 0) is 19.3 Å². The third-order valence-corrected chi connectivity index (χ3v) is 6.14. The largest absolute Gasteiger partial charge is 0.374 e. The van der Waals surface area contributed by atoms with E-state index in [0.29, 0.717) is 26.0 Å². The molecule has 3 heterocycles. The molecule has 1 aromatic heterocycles. The number of carbonyl (C=O) groups is 2. The van der Waals surface area contributed by atoms with Gasteiger partial charge in [-0.2, -0.15) is 0 Å². The van der Waals surface area contributed by atoms with Crippen LogP contribution in [0.5, 0.6) is 0 Å². The van der Waals surface area contributed by atoms with Crippen LogP contribution in [0.15, 0.2) is 5.38 Å². The minimum atomic E-state index is 0.139. The van der Waals surface area contributed by atoms with Gasteiger partial charge in [0, 0.05) is 24.9 Å². The second-order valence-electron chi connectivity index (χ2n) is 6.80. The van der Waals surface area contributed by atoms with Crippen molar-refractivity contribution in [1.29, 1.82) is 0 Å². The Hall–Kier alpha value is -1.47. The first-order valence-electron chi connectivity index (χ1n) is 8.88. The van der Waals surface area contributed by atoms with Gasteiger partial charge in [0.25, 0.3) is 0 Å². The molecule has 0 spiro atoms. The van der Waals surface area contributed by atoms with E-state index in [-0.39, 0.29) is 24.0 Å². The Balaban J connectivity index is 1.42. The van der Waals surface area contributed by atoms with Crippen LogP contribution in [-0.2, 0) is 20.7 Å². The Kier molecular flexibility index (Phi) is 4.54. The summed E-state index contributed by atoms with van der Waals surface area (Å²) >= 11 is 1.46. The molecule has 2 saturated heterocycles. The minimum Gasteiger partial charge on any atom is -0.374 e. The van der Waals surface area contributed by atoms with Gasteiger partial charge in [0.2, 0.25) is 11.8 Å². The average Bonchev–Trinajstić information content (AvgIpc) is 3.23. The second kappa shape index (κ2) is 6.80. The summed E-state index contributed by atoms with van der Waals surface area (Å²) in [6.07, 6.45) is 6.50. The third kappa shape index (κ3) is 3.07. The topological polar surface area (TPSA) is 62.7 Å². The summed E-state index contributed by atoms with van der Waals surface area (Å²) in [4.78, 5) is 32.9. The Morgan fingerprint density at radius 1 is 1.29 bits per heavy atom. The molecule has 1 aromatic rings. The number of fused-ring (bicyclic) bond motifs is 1. The lowest BCUT2D eigenvalue weighted by Crippen LogP contribution is -2.55. The number of thiazole rings is 1. The van der Waals surface area contributed by atoms with Crippen molar-refractivity contribution in [3.63, 3.8) is 0 Å². The van der Waals surface area contributed by atoms with E-state index < -0.39 is 0 Å². The molecule has 4 rings (SSSR count). The maximum Gasteiger partial charge on any atom is 0.229 e. The lowest BCUT2D eigenvalue weighted by Gasteiger charge is -2.43. The number of carbonyl (C=O) groups excluding carboxylic acids is 2. The van der Waals surface area contributed by atoms with E-state index in [4.69, 9.17) is 4.74 Å². The van der Waals surface area contributed by atoms with E-state index in [2.05, 4.69) is 4.98 Å². The molecule has 24 heavy (non-hydrogen) atoms. The molecule has 1 saturated carbocycles. The highest BCUT2D eigenvalue weighted by Gasteiger charge is 2.36. The summed E-state index contributed by atoms with van der Waals surface area (Å²) in [6.45, 7) is 2.06. The molecular weight excluding hydrogens is 326 g/mol. The molecule has 0 radical (unpaired) electrons. The van der Waals surface area contributed by atoms with Crippen LogP contribution in [0.1, 0.15) is 44.2 Å². The number of ether oxygens (including phenoxy) is 1. The fourth-order valence-corrected chi connectivity index (χ4v) is 4.88. The number of amides is 2. The van der Waals surface area contributed by atoms with Crippen molar-refractivity contribution in [3.8, 4) is 0 Å². The SMILES string of the molecule is O=C1CCCN1c1nc(CC(=O)N2CCO[C@@H]3CCCC[C@@H]32)cs1. The van der Waals surface area contributed by atoms with Gasteiger partial charge in [0.05, 0.1) is 30.9 Å². The van der Waals surface area contributed by atoms with Gasteiger partial charge in [-0.1, -0.05) is 12.8 Å². The molecule has 130 valence electrons. The Morgan fingerprint density at radius 3 is 3.00 bits per heavy atom. The van der Waals surface area contributed by atoms with Crippen LogP contribution in [0.3, 0.4) is 0 Å². The standard InChI is InChI=1S/C17H23N3O3S/c21-15-6-3-7-20(15)17-18-12(11-24-17)10-16(22)19-8-9-23-14-5-2-1-4-13(14)19/h11,13-14H,1-10H2/t13-,14+/m0/s1. The number of aromatic nitrogens is 1. The van der Waals surface area contributed by atoms with Crippen molar-refractivity contribution >= 4 is 28.3 Å². The third-order valence-electron chi connectivity index (χ3n) is 5.23. The van der Waals surface area contributed by atoms with E-state index in [1.165, 1.54) is 24.2 Å². The first-order valence-corrected chi connectivity index (χ1v) is 9.76. The molecule has 0 aromatic carbocycles. The summed E-state index contributed by atoms with van der Waals surface area (Å²) in [5.41, 5.74) is 0.776. The minimum absolute atomic E-state index is 0.139. The van der Waals surface area contributed by atoms with Gasteiger partial charge in [-0.3, -0.25) is 14.5 Å². The highest BCUT2D eigenvalue weighted by molar-refractivity contribution is 7.14. The number of rotatable bonds is 3. The molecule has 2 amide bonds. The zero-order chi connectivity index (χ0) is 16.5. The van der Waals surface area contributed by atoms with Gasteiger partial charge >= 0.3 is 0 Å². The number of anilines is 1. The first-order chi connectivity index (χ1) is 11.7. The van der Waals surface area contributed by atoms with Crippen molar-refractivity contribution in [2.24, 2.45) is 0 Å². The molecular formula is C17H23N3O3S. The smallest absolute Gasteiger partial charge is 0.229 e. The summed E-state index contributed by atoms with van der Waals surface area (Å²) < 4.78 is 5.84. The van der Waals surface area contributed by atoms with E-state index in [0.717, 1.165) is 36.6 Å². The maximum atomic E-state index is 12.8.